The maximum Gasteiger partial charge on any atom is 0.277 e. The molecule has 3 aromatic carbocycles. The molecule has 28 heavy (non-hydrogen) atoms. The molecule has 0 spiro atoms. The molecule has 0 bridgehead atoms. The third-order valence-electron chi connectivity index (χ3n) is 4.24. The topological polar surface area (TPSA) is 68.0 Å². The lowest BCUT2D eigenvalue weighted by atomic mass is 10.1. The summed E-state index contributed by atoms with van der Waals surface area (Å²) < 4.78 is 5.70. The second kappa shape index (κ2) is 7.86. The lowest BCUT2D eigenvalue weighted by Crippen LogP contribution is -2.13. The van der Waals surface area contributed by atoms with Gasteiger partial charge in [0.1, 0.15) is 0 Å². The number of hydrogen-bond donors (Lipinski definition) is 1. The Bertz CT molecular complexity index is 1130. The van der Waals surface area contributed by atoms with Gasteiger partial charge in [0.15, 0.2) is 0 Å². The lowest BCUT2D eigenvalue weighted by Gasteiger charge is -2.05. The van der Waals surface area contributed by atoms with Crippen LogP contribution in [0.2, 0.25) is 0 Å². The summed E-state index contributed by atoms with van der Waals surface area (Å²) >= 11 is 1.22. The standard InChI is InChI=1S/C22H19N3O2S/c1-14-9-15(2)11-18(10-14)21-24-25-22(27-21)28-13-20(26)23-19-8-7-16-5-3-4-6-17(16)12-19/h3-12H,13H2,1-2H3,(H,23,26). The summed E-state index contributed by atoms with van der Waals surface area (Å²) in [5.41, 5.74) is 3.93. The fourth-order valence-corrected chi connectivity index (χ4v) is 3.64. The largest absolute Gasteiger partial charge is 0.411 e. The summed E-state index contributed by atoms with van der Waals surface area (Å²) in [5, 5.41) is 13.6. The van der Waals surface area contributed by atoms with Crippen LogP contribution in [0.1, 0.15) is 11.1 Å². The number of benzene rings is 3. The third-order valence-corrected chi connectivity index (χ3v) is 5.05. The van der Waals surface area contributed by atoms with E-state index in [1.54, 1.807) is 0 Å². The molecule has 5 nitrogen and oxygen atoms in total. The van der Waals surface area contributed by atoms with E-state index >= 15 is 0 Å². The second-order valence-corrected chi connectivity index (χ2v) is 7.57. The Morgan fingerprint density at radius 2 is 1.71 bits per heavy atom. The molecule has 0 fully saturated rings. The monoisotopic (exact) mass is 389 g/mol. The van der Waals surface area contributed by atoms with Crippen LogP contribution in [0, 0.1) is 13.8 Å². The van der Waals surface area contributed by atoms with Crippen LogP contribution in [0.5, 0.6) is 0 Å². The number of hydrogen-bond acceptors (Lipinski definition) is 5. The fourth-order valence-electron chi connectivity index (χ4n) is 3.07. The zero-order valence-corrected chi connectivity index (χ0v) is 16.4. The first-order valence-electron chi connectivity index (χ1n) is 8.90. The highest BCUT2D eigenvalue weighted by molar-refractivity contribution is 7.99. The zero-order valence-electron chi connectivity index (χ0n) is 15.6. The van der Waals surface area contributed by atoms with E-state index < -0.39 is 0 Å². The van der Waals surface area contributed by atoms with Crippen LogP contribution < -0.4 is 5.32 Å². The third kappa shape index (κ3) is 4.23. The first-order valence-corrected chi connectivity index (χ1v) is 9.89. The van der Waals surface area contributed by atoms with Crippen molar-refractivity contribution in [2.45, 2.75) is 19.1 Å². The normalized spacial score (nSPS) is 10.9. The fraction of sp³-hybridized carbons (Fsp3) is 0.136. The lowest BCUT2D eigenvalue weighted by molar-refractivity contribution is -0.113. The number of thioether (sulfide) groups is 1. The molecule has 0 aliphatic rings. The summed E-state index contributed by atoms with van der Waals surface area (Å²) in [5.74, 6) is 0.539. The van der Waals surface area contributed by atoms with Crippen LogP contribution in [0.3, 0.4) is 0 Å². The summed E-state index contributed by atoms with van der Waals surface area (Å²) in [6.07, 6.45) is 0. The highest BCUT2D eigenvalue weighted by Gasteiger charge is 2.12. The van der Waals surface area contributed by atoms with E-state index in [1.165, 1.54) is 11.8 Å². The molecule has 6 heteroatoms. The molecule has 4 rings (SSSR count). The molecule has 1 heterocycles. The SMILES string of the molecule is Cc1cc(C)cc(-c2nnc(SCC(=O)Nc3ccc4ccccc4c3)o2)c1. The predicted molar refractivity (Wildman–Crippen MR) is 113 cm³/mol. The van der Waals surface area contributed by atoms with Gasteiger partial charge in [0.25, 0.3) is 5.22 Å². The number of nitrogens with zero attached hydrogens (tertiary/aromatic N) is 2. The number of aryl methyl sites for hydroxylation is 2. The van der Waals surface area contributed by atoms with Crippen molar-refractivity contribution in [3.8, 4) is 11.5 Å². The highest BCUT2D eigenvalue weighted by atomic mass is 32.2. The smallest absolute Gasteiger partial charge is 0.277 e. The quantitative estimate of drug-likeness (QED) is 0.473. The number of carbonyl (C=O) groups excluding carboxylic acids is 1. The number of anilines is 1. The van der Waals surface area contributed by atoms with E-state index in [1.807, 2.05) is 68.4 Å². The number of fused-ring (bicyclic) bond motifs is 1. The van der Waals surface area contributed by atoms with Gasteiger partial charge < -0.3 is 9.73 Å². The molecule has 1 N–H and O–H groups in total. The molecule has 0 saturated heterocycles. The molecule has 0 saturated carbocycles. The molecule has 0 atom stereocenters. The minimum Gasteiger partial charge on any atom is -0.411 e. The van der Waals surface area contributed by atoms with Gasteiger partial charge in [-0.25, -0.2) is 0 Å². The van der Waals surface area contributed by atoms with Gasteiger partial charge in [-0.05, 0) is 48.9 Å². The molecule has 4 aromatic rings. The Kier molecular flexibility index (Phi) is 5.12. The van der Waals surface area contributed by atoms with Crippen molar-refractivity contribution in [2.75, 3.05) is 11.1 Å². The van der Waals surface area contributed by atoms with Crippen LogP contribution in [0.4, 0.5) is 5.69 Å². The number of amides is 1. The van der Waals surface area contributed by atoms with Crippen molar-refractivity contribution in [3.05, 3.63) is 71.8 Å². The maximum atomic E-state index is 12.3. The minimum absolute atomic E-state index is 0.119. The van der Waals surface area contributed by atoms with Gasteiger partial charge in [0, 0.05) is 11.3 Å². The van der Waals surface area contributed by atoms with E-state index in [9.17, 15) is 4.79 Å². The van der Waals surface area contributed by atoms with Crippen molar-refractivity contribution in [3.63, 3.8) is 0 Å². The summed E-state index contributed by atoms with van der Waals surface area (Å²) in [6.45, 7) is 4.05. The second-order valence-electron chi connectivity index (χ2n) is 6.65. The van der Waals surface area contributed by atoms with Crippen LogP contribution in [-0.2, 0) is 4.79 Å². The van der Waals surface area contributed by atoms with E-state index in [0.29, 0.717) is 11.1 Å². The van der Waals surface area contributed by atoms with Gasteiger partial charge in [-0.3, -0.25) is 4.79 Å². The molecule has 0 unspecified atom stereocenters. The summed E-state index contributed by atoms with van der Waals surface area (Å²) in [7, 11) is 0. The highest BCUT2D eigenvalue weighted by Crippen LogP contribution is 2.25. The van der Waals surface area contributed by atoms with E-state index in [4.69, 9.17) is 4.42 Å². The average Bonchev–Trinajstić information content (AvgIpc) is 3.15. The van der Waals surface area contributed by atoms with Gasteiger partial charge >= 0.3 is 0 Å². The van der Waals surface area contributed by atoms with Gasteiger partial charge in [0.2, 0.25) is 11.8 Å². The Hall–Kier alpha value is -3.12. The van der Waals surface area contributed by atoms with E-state index in [2.05, 4.69) is 21.6 Å². The molecule has 0 radical (unpaired) electrons. The maximum absolute atomic E-state index is 12.3. The Balaban J connectivity index is 1.38. The van der Waals surface area contributed by atoms with Crippen molar-refractivity contribution in [1.82, 2.24) is 10.2 Å². The molecular weight excluding hydrogens is 370 g/mol. The average molecular weight is 389 g/mol. The predicted octanol–water partition coefficient (Wildman–Crippen LogP) is 5.24. The molecule has 0 aliphatic heterocycles. The molecule has 1 aromatic heterocycles. The Morgan fingerprint density at radius 1 is 0.964 bits per heavy atom. The number of nitrogens with one attached hydrogen (secondary N) is 1. The minimum atomic E-state index is -0.119. The van der Waals surface area contributed by atoms with E-state index in [0.717, 1.165) is 33.2 Å². The van der Waals surface area contributed by atoms with Gasteiger partial charge in [-0.2, -0.15) is 0 Å². The first kappa shape index (κ1) is 18.3. The van der Waals surface area contributed by atoms with Crippen molar-refractivity contribution in [2.24, 2.45) is 0 Å². The summed E-state index contributed by atoms with van der Waals surface area (Å²) in [6, 6.07) is 20.0. The molecular formula is C22H19N3O2S. The van der Waals surface area contributed by atoms with Gasteiger partial charge in [-0.1, -0.05) is 59.3 Å². The zero-order chi connectivity index (χ0) is 19.5. The molecule has 1 amide bonds. The van der Waals surface area contributed by atoms with Gasteiger partial charge in [-0.15, -0.1) is 10.2 Å². The molecule has 140 valence electrons. The molecule has 0 aliphatic carbocycles. The van der Waals surface area contributed by atoms with Crippen LogP contribution in [0.25, 0.3) is 22.2 Å². The Labute approximate surface area is 167 Å². The van der Waals surface area contributed by atoms with Crippen LogP contribution in [-0.4, -0.2) is 21.9 Å². The first-order chi connectivity index (χ1) is 13.6. The van der Waals surface area contributed by atoms with Crippen molar-refractivity contribution < 1.29 is 9.21 Å². The number of carbonyl (C=O) groups is 1. The number of aromatic nitrogens is 2. The summed E-state index contributed by atoms with van der Waals surface area (Å²) in [4.78, 5) is 12.3. The van der Waals surface area contributed by atoms with Crippen molar-refractivity contribution >= 4 is 34.1 Å². The van der Waals surface area contributed by atoms with Crippen LogP contribution in [0.15, 0.2) is 70.3 Å². The van der Waals surface area contributed by atoms with Gasteiger partial charge in [0.05, 0.1) is 5.75 Å². The van der Waals surface area contributed by atoms with Crippen molar-refractivity contribution in [1.29, 1.82) is 0 Å². The number of rotatable bonds is 5. The van der Waals surface area contributed by atoms with Crippen LogP contribution >= 0.6 is 11.8 Å². The Morgan fingerprint density at radius 3 is 2.50 bits per heavy atom. The van der Waals surface area contributed by atoms with E-state index in [-0.39, 0.29) is 11.7 Å².